The van der Waals surface area contributed by atoms with E-state index in [1.165, 1.54) is 11.1 Å². The zero-order chi connectivity index (χ0) is 19.2. The van der Waals surface area contributed by atoms with E-state index in [0.29, 0.717) is 30.4 Å². The van der Waals surface area contributed by atoms with E-state index < -0.39 is 0 Å². The maximum Gasteiger partial charge on any atom is 0.257 e. The molecule has 2 aromatic carbocycles. The van der Waals surface area contributed by atoms with Crippen molar-refractivity contribution in [2.24, 2.45) is 0 Å². The van der Waals surface area contributed by atoms with Crippen LogP contribution >= 0.6 is 0 Å². The van der Waals surface area contributed by atoms with Gasteiger partial charge in [0.1, 0.15) is 5.75 Å². The van der Waals surface area contributed by atoms with Crippen molar-refractivity contribution in [2.75, 3.05) is 13.2 Å². The number of carbonyl (C=O) groups excluding carboxylic acids is 1. The molecule has 0 aliphatic heterocycles. The molecule has 3 rings (SSSR count). The Balaban J connectivity index is 1.43. The molecule has 0 fully saturated rings. The van der Waals surface area contributed by atoms with Crippen molar-refractivity contribution >= 4 is 5.91 Å². The summed E-state index contributed by atoms with van der Waals surface area (Å²) in [4.78, 5) is 16.3. The van der Waals surface area contributed by atoms with Crippen molar-refractivity contribution in [2.45, 2.75) is 27.2 Å². The zero-order valence-electron chi connectivity index (χ0n) is 15.8. The number of amides is 1. The second kappa shape index (κ2) is 8.49. The Hall–Kier alpha value is -3.15. The Labute approximate surface area is 158 Å². The molecule has 0 saturated heterocycles. The Morgan fingerprint density at radius 1 is 1.07 bits per heavy atom. The average Bonchev–Trinajstić information content (AvgIpc) is 3.12. The van der Waals surface area contributed by atoms with Gasteiger partial charge in [-0.15, -0.1) is 0 Å². The molecule has 3 aromatic rings. The van der Waals surface area contributed by atoms with E-state index in [4.69, 9.17) is 9.26 Å². The summed E-state index contributed by atoms with van der Waals surface area (Å²) in [6, 6.07) is 13.7. The maximum atomic E-state index is 11.9. The fourth-order valence-electron chi connectivity index (χ4n) is 2.49. The lowest BCUT2D eigenvalue weighted by molar-refractivity contribution is -0.123. The van der Waals surface area contributed by atoms with Crippen LogP contribution in [-0.4, -0.2) is 29.2 Å². The molecule has 1 aromatic heterocycles. The molecule has 6 nitrogen and oxygen atoms in total. The molecule has 6 heteroatoms. The van der Waals surface area contributed by atoms with Gasteiger partial charge in [-0.1, -0.05) is 41.1 Å². The summed E-state index contributed by atoms with van der Waals surface area (Å²) in [6.07, 6.45) is 0.467. The molecule has 0 aliphatic rings. The predicted molar refractivity (Wildman–Crippen MR) is 103 cm³/mol. The van der Waals surface area contributed by atoms with E-state index in [9.17, 15) is 4.79 Å². The number of benzene rings is 2. The van der Waals surface area contributed by atoms with Gasteiger partial charge in [-0.3, -0.25) is 4.79 Å². The van der Waals surface area contributed by atoms with Crippen molar-refractivity contribution < 1.29 is 14.1 Å². The lowest BCUT2D eigenvalue weighted by Crippen LogP contribution is -2.30. The SMILES string of the molecule is Cc1ccc(-c2noc(CCNC(=O)COc3ccc(C)c(C)c3)n2)cc1. The summed E-state index contributed by atoms with van der Waals surface area (Å²) in [7, 11) is 0. The molecule has 0 bridgehead atoms. The van der Waals surface area contributed by atoms with E-state index in [0.717, 1.165) is 11.1 Å². The molecule has 140 valence electrons. The van der Waals surface area contributed by atoms with Crippen molar-refractivity contribution in [3.05, 3.63) is 65.0 Å². The number of aromatic nitrogens is 2. The lowest BCUT2D eigenvalue weighted by Gasteiger charge is -2.08. The molecule has 1 heterocycles. The highest BCUT2D eigenvalue weighted by atomic mass is 16.5. The highest BCUT2D eigenvalue weighted by Crippen LogP contribution is 2.17. The van der Waals surface area contributed by atoms with Crippen molar-refractivity contribution in [3.63, 3.8) is 0 Å². The van der Waals surface area contributed by atoms with Crippen LogP contribution in [0.4, 0.5) is 0 Å². The molecule has 0 saturated carbocycles. The van der Waals surface area contributed by atoms with Crippen molar-refractivity contribution in [3.8, 4) is 17.1 Å². The van der Waals surface area contributed by atoms with E-state index in [-0.39, 0.29) is 12.5 Å². The van der Waals surface area contributed by atoms with Crippen LogP contribution in [0.2, 0.25) is 0 Å². The molecule has 1 amide bonds. The lowest BCUT2D eigenvalue weighted by atomic mass is 10.1. The number of ether oxygens (including phenoxy) is 1. The molecule has 1 N–H and O–H groups in total. The number of nitrogens with zero attached hydrogens (tertiary/aromatic N) is 2. The Bertz CT molecular complexity index is 917. The van der Waals surface area contributed by atoms with Gasteiger partial charge in [0.25, 0.3) is 5.91 Å². The van der Waals surface area contributed by atoms with Crippen LogP contribution in [0.25, 0.3) is 11.4 Å². The van der Waals surface area contributed by atoms with Gasteiger partial charge in [0.2, 0.25) is 11.7 Å². The summed E-state index contributed by atoms with van der Waals surface area (Å²) in [6.45, 7) is 6.45. The van der Waals surface area contributed by atoms with Gasteiger partial charge < -0.3 is 14.6 Å². The second-order valence-corrected chi connectivity index (χ2v) is 6.51. The number of hydrogen-bond donors (Lipinski definition) is 1. The maximum absolute atomic E-state index is 11.9. The van der Waals surface area contributed by atoms with Crippen LogP contribution in [0.3, 0.4) is 0 Å². The van der Waals surface area contributed by atoms with Crippen LogP contribution in [0, 0.1) is 20.8 Å². The molecule has 0 radical (unpaired) electrons. The summed E-state index contributed by atoms with van der Waals surface area (Å²) in [5, 5.41) is 6.77. The summed E-state index contributed by atoms with van der Waals surface area (Å²) >= 11 is 0. The topological polar surface area (TPSA) is 77.2 Å². The zero-order valence-corrected chi connectivity index (χ0v) is 15.8. The highest BCUT2D eigenvalue weighted by molar-refractivity contribution is 5.77. The van der Waals surface area contributed by atoms with E-state index >= 15 is 0 Å². The first-order chi connectivity index (χ1) is 13.0. The average molecular weight is 365 g/mol. The Morgan fingerprint density at radius 3 is 2.59 bits per heavy atom. The summed E-state index contributed by atoms with van der Waals surface area (Å²) in [5.41, 5.74) is 4.40. The Morgan fingerprint density at radius 2 is 1.85 bits per heavy atom. The van der Waals surface area contributed by atoms with Gasteiger partial charge in [-0.05, 0) is 44.0 Å². The molecular formula is C21H23N3O3. The number of carbonyl (C=O) groups is 1. The number of aryl methyl sites for hydroxylation is 3. The largest absolute Gasteiger partial charge is 0.484 e. The third kappa shape index (κ3) is 5.17. The fraction of sp³-hybridized carbons (Fsp3) is 0.286. The van der Waals surface area contributed by atoms with Crippen LogP contribution in [0.1, 0.15) is 22.6 Å². The van der Waals surface area contributed by atoms with Crippen LogP contribution < -0.4 is 10.1 Å². The quantitative estimate of drug-likeness (QED) is 0.694. The first-order valence-corrected chi connectivity index (χ1v) is 8.87. The van der Waals surface area contributed by atoms with Gasteiger partial charge in [-0.2, -0.15) is 4.98 Å². The van der Waals surface area contributed by atoms with Gasteiger partial charge in [0.15, 0.2) is 6.61 Å². The predicted octanol–water partition coefficient (Wildman–Crippen LogP) is 3.40. The van der Waals surface area contributed by atoms with Crippen LogP contribution in [0.15, 0.2) is 47.0 Å². The molecule has 0 atom stereocenters. The first kappa shape index (κ1) is 18.6. The Kier molecular flexibility index (Phi) is 5.86. The van der Waals surface area contributed by atoms with Gasteiger partial charge in [0, 0.05) is 18.5 Å². The molecular weight excluding hydrogens is 342 g/mol. The second-order valence-electron chi connectivity index (χ2n) is 6.51. The van der Waals surface area contributed by atoms with Crippen molar-refractivity contribution in [1.82, 2.24) is 15.5 Å². The highest BCUT2D eigenvalue weighted by Gasteiger charge is 2.09. The minimum absolute atomic E-state index is 0.0268. The minimum Gasteiger partial charge on any atom is -0.484 e. The molecule has 27 heavy (non-hydrogen) atoms. The third-order valence-corrected chi connectivity index (χ3v) is 4.29. The van der Waals surface area contributed by atoms with Gasteiger partial charge in [-0.25, -0.2) is 0 Å². The number of rotatable bonds is 7. The first-order valence-electron chi connectivity index (χ1n) is 8.87. The third-order valence-electron chi connectivity index (χ3n) is 4.29. The van der Waals surface area contributed by atoms with E-state index in [1.54, 1.807) is 0 Å². The smallest absolute Gasteiger partial charge is 0.257 e. The van der Waals surface area contributed by atoms with Crippen molar-refractivity contribution in [1.29, 1.82) is 0 Å². The summed E-state index contributed by atoms with van der Waals surface area (Å²) in [5.74, 6) is 1.54. The normalized spacial score (nSPS) is 10.6. The molecule has 0 unspecified atom stereocenters. The monoisotopic (exact) mass is 365 g/mol. The van der Waals surface area contributed by atoms with Gasteiger partial charge in [0.05, 0.1) is 0 Å². The van der Waals surface area contributed by atoms with E-state index in [1.807, 2.05) is 63.2 Å². The van der Waals surface area contributed by atoms with Crippen LogP contribution in [0.5, 0.6) is 5.75 Å². The number of hydrogen-bond acceptors (Lipinski definition) is 5. The minimum atomic E-state index is -0.188. The molecule has 0 spiro atoms. The van der Waals surface area contributed by atoms with Gasteiger partial charge >= 0.3 is 0 Å². The fourth-order valence-corrected chi connectivity index (χ4v) is 2.49. The van der Waals surface area contributed by atoms with Crippen LogP contribution in [-0.2, 0) is 11.2 Å². The summed E-state index contributed by atoms with van der Waals surface area (Å²) < 4.78 is 10.8. The molecule has 0 aliphatic carbocycles. The number of nitrogens with one attached hydrogen (secondary N) is 1. The standard InChI is InChI=1S/C21H23N3O3/c1-14-4-7-17(8-5-14)21-23-20(27-24-21)10-11-22-19(25)13-26-18-9-6-15(2)16(3)12-18/h4-9,12H,10-11,13H2,1-3H3,(H,22,25). The van der Waals surface area contributed by atoms with E-state index in [2.05, 4.69) is 15.5 Å².